The van der Waals surface area contributed by atoms with Crippen LogP contribution in [0, 0.1) is 0 Å². The molecule has 0 radical (unpaired) electrons. The zero-order chi connectivity index (χ0) is 20.8. The quantitative estimate of drug-likeness (QED) is 0.541. The van der Waals surface area contributed by atoms with Gasteiger partial charge in [0.1, 0.15) is 5.75 Å². The molecular formula is C23H34N6O. The Morgan fingerprint density at radius 3 is 2.83 bits per heavy atom. The van der Waals surface area contributed by atoms with Crippen LogP contribution in [0.5, 0.6) is 5.75 Å². The third-order valence-electron chi connectivity index (χ3n) is 6.06. The van der Waals surface area contributed by atoms with E-state index >= 15 is 0 Å². The summed E-state index contributed by atoms with van der Waals surface area (Å²) in [5.74, 6) is 1.79. The van der Waals surface area contributed by atoms with Gasteiger partial charge >= 0.3 is 0 Å². The van der Waals surface area contributed by atoms with Crippen molar-refractivity contribution in [1.29, 1.82) is 0 Å². The molecule has 1 aromatic carbocycles. The SMILES string of the molecule is CCNC(=NCc1ccn(C2CCCC2)n1)NC1CCN(c2ccccc2OC)C1. The van der Waals surface area contributed by atoms with Gasteiger partial charge in [0.25, 0.3) is 0 Å². The molecule has 0 spiro atoms. The number of guanidine groups is 1. The monoisotopic (exact) mass is 410 g/mol. The Hall–Kier alpha value is -2.70. The maximum Gasteiger partial charge on any atom is 0.191 e. The van der Waals surface area contributed by atoms with E-state index in [1.807, 2.05) is 12.1 Å². The first-order chi connectivity index (χ1) is 14.8. The summed E-state index contributed by atoms with van der Waals surface area (Å²) in [6.07, 6.45) is 8.32. The number of ether oxygens (including phenoxy) is 1. The largest absolute Gasteiger partial charge is 0.495 e. The minimum absolute atomic E-state index is 0.351. The van der Waals surface area contributed by atoms with Gasteiger partial charge in [0.15, 0.2) is 5.96 Å². The van der Waals surface area contributed by atoms with Gasteiger partial charge in [-0.25, -0.2) is 4.99 Å². The molecule has 7 nitrogen and oxygen atoms in total. The number of anilines is 1. The average molecular weight is 411 g/mol. The number of methoxy groups -OCH3 is 1. The van der Waals surface area contributed by atoms with E-state index in [-0.39, 0.29) is 0 Å². The number of nitrogens with zero attached hydrogens (tertiary/aromatic N) is 4. The molecule has 1 saturated heterocycles. The van der Waals surface area contributed by atoms with E-state index in [9.17, 15) is 0 Å². The Morgan fingerprint density at radius 2 is 2.03 bits per heavy atom. The number of para-hydroxylation sites is 2. The average Bonchev–Trinajstić information content (AvgIpc) is 3.53. The molecule has 162 valence electrons. The van der Waals surface area contributed by atoms with E-state index in [1.54, 1.807) is 7.11 Å². The molecule has 4 rings (SSSR count). The zero-order valence-electron chi connectivity index (χ0n) is 18.2. The summed E-state index contributed by atoms with van der Waals surface area (Å²) < 4.78 is 7.67. The van der Waals surface area contributed by atoms with Crippen LogP contribution in [0.15, 0.2) is 41.5 Å². The molecule has 1 unspecified atom stereocenters. The van der Waals surface area contributed by atoms with Gasteiger partial charge in [-0.05, 0) is 44.4 Å². The van der Waals surface area contributed by atoms with Gasteiger partial charge in [-0.1, -0.05) is 25.0 Å². The van der Waals surface area contributed by atoms with E-state index in [0.29, 0.717) is 18.6 Å². The van der Waals surface area contributed by atoms with Gasteiger partial charge in [0.2, 0.25) is 0 Å². The summed E-state index contributed by atoms with van der Waals surface area (Å²) in [6.45, 7) is 5.47. The van der Waals surface area contributed by atoms with Gasteiger partial charge in [-0.2, -0.15) is 5.10 Å². The van der Waals surface area contributed by atoms with Gasteiger partial charge < -0.3 is 20.3 Å². The van der Waals surface area contributed by atoms with Gasteiger partial charge in [0.05, 0.1) is 31.1 Å². The summed E-state index contributed by atoms with van der Waals surface area (Å²) in [5.41, 5.74) is 2.19. The van der Waals surface area contributed by atoms with Crippen LogP contribution in [-0.4, -0.2) is 48.5 Å². The second-order valence-corrected chi connectivity index (χ2v) is 8.17. The van der Waals surface area contributed by atoms with Crippen LogP contribution in [0.4, 0.5) is 5.69 Å². The molecule has 2 aromatic rings. The summed E-state index contributed by atoms with van der Waals surface area (Å²) in [4.78, 5) is 7.17. The normalized spacial score (nSPS) is 20.0. The van der Waals surface area contributed by atoms with Crippen molar-refractivity contribution in [2.45, 2.75) is 57.7 Å². The van der Waals surface area contributed by atoms with Crippen molar-refractivity contribution in [1.82, 2.24) is 20.4 Å². The fourth-order valence-corrected chi connectivity index (χ4v) is 4.50. The number of hydrogen-bond donors (Lipinski definition) is 2. The molecule has 7 heteroatoms. The number of aromatic nitrogens is 2. The summed E-state index contributed by atoms with van der Waals surface area (Å²) in [5, 5.41) is 11.7. The second-order valence-electron chi connectivity index (χ2n) is 8.17. The van der Waals surface area contributed by atoms with E-state index in [0.717, 1.165) is 49.1 Å². The highest BCUT2D eigenvalue weighted by Crippen LogP contribution is 2.30. The Balaban J connectivity index is 1.35. The van der Waals surface area contributed by atoms with E-state index < -0.39 is 0 Å². The summed E-state index contributed by atoms with van der Waals surface area (Å²) in [7, 11) is 1.73. The first-order valence-electron chi connectivity index (χ1n) is 11.2. The van der Waals surface area contributed by atoms with E-state index in [2.05, 4.69) is 51.5 Å². The minimum atomic E-state index is 0.351. The zero-order valence-corrected chi connectivity index (χ0v) is 18.2. The van der Waals surface area contributed by atoms with E-state index in [4.69, 9.17) is 14.8 Å². The lowest BCUT2D eigenvalue weighted by Crippen LogP contribution is -2.44. The van der Waals surface area contributed by atoms with Gasteiger partial charge in [0, 0.05) is 31.9 Å². The third-order valence-corrected chi connectivity index (χ3v) is 6.06. The molecule has 1 atom stereocenters. The highest BCUT2D eigenvalue weighted by molar-refractivity contribution is 5.80. The molecule has 2 fully saturated rings. The lowest BCUT2D eigenvalue weighted by molar-refractivity contribution is 0.415. The van der Waals surface area contributed by atoms with Crippen molar-refractivity contribution in [2.75, 3.05) is 31.6 Å². The lowest BCUT2D eigenvalue weighted by atomic mass is 10.2. The fourth-order valence-electron chi connectivity index (χ4n) is 4.50. The predicted molar refractivity (Wildman–Crippen MR) is 121 cm³/mol. The molecular weight excluding hydrogens is 376 g/mol. The highest BCUT2D eigenvalue weighted by atomic mass is 16.5. The smallest absolute Gasteiger partial charge is 0.191 e. The summed E-state index contributed by atoms with van der Waals surface area (Å²) in [6, 6.07) is 11.3. The van der Waals surface area contributed by atoms with Crippen molar-refractivity contribution < 1.29 is 4.74 Å². The molecule has 2 N–H and O–H groups in total. The Kier molecular flexibility index (Phi) is 6.77. The molecule has 2 heterocycles. The molecule has 0 bridgehead atoms. The number of aliphatic imine (C=N–C) groups is 1. The second kappa shape index (κ2) is 9.87. The third kappa shape index (κ3) is 4.89. The Bertz CT molecular complexity index is 842. The molecule has 1 aliphatic heterocycles. The van der Waals surface area contributed by atoms with Crippen LogP contribution < -0.4 is 20.3 Å². The highest BCUT2D eigenvalue weighted by Gasteiger charge is 2.25. The maximum absolute atomic E-state index is 5.53. The molecule has 1 saturated carbocycles. The number of benzene rings is 1. The van der Waals surface area contributed by atoms with Crippen molar-refractivity contribution in [3.05, 3.63) is 42.2 Å². The minimum Gasteiger partial charge on any atom is -0.495 e. The van der Waals surface area contributed by atoms with Crippen molar-refractivity contribution in [2.24, 2.45) is 4.99 Å². The Morgan fingerprint density at radius 1 is 1.20 bits per heavy atom. The lowest BCUT2D eigenvalue weighted by Gasteiger charge is -2.22. The van der Waals surface area contributed by atoms with Crippen LogP contribution in [0.1, 0.15) is 50.8 Å². The van der Waals surface area contributed by atoms with Gasteiger partial charge in [-0.3, -0.25) is 4.68 Å². The number of nitrogens with one attached hydrogen (secondary N) is 2. The number of hydrogen-bond acceptors (Lipinski definition) is 4. The maximum atomic E-state index is 5.53. The molecule has 1 aromatic heterocycles. The van der Waals surface area contributed by atoms with Crippen LogP contribution in [0.2, 0.25) is 0 Å². The molecule has 30 heavy (non-hydrogen) atoms. The van der Waals surface area contributed by atoms with Crippen LogP contribution in [0.25, 0.3) is 0 Å². The predicted octanol–water partition coefficient (Wildman–Crippen LogP) is 3.34. The van der Waals surface area contributed by atoms with Crippen LogP contribution >= 0.6 is 0 Å². The number of rotatable bonds is 7. The summed E-state index contributed by atoms with van der Waals surface area (Å²) >= 11 is 0. The molecule has 0 amide bonds. The topological polar surface area (TPSA) is 66.7 Å². The van der Waals surface area contributed by atoms with Crippen molar-refractivity contribution >= 4 is 11.6 Å². The van der Waals surface area contributed by atoms with Crippen molar-refractivity contribution in [3.63, 3.8) is 0 Å². The van der Waals surface area contributed by atoms with Crippen LogP contribution in [-0.2, 0) is 6.54 Å². The first kappa shape index (κ1) is 20.6. The van der Waals surface area contributed by atoms with Gasteiger partial charge in [-0.15, -0.1) is 0 Å². The first-order valence-corrected chi connectivity index (χ1v) is 11.2. The standard InChI is InChI=1S/C23H34N6O/c1-3-24-23(25-16-18-13-15-29(27-18)20-8-4-5-9-20)26-19-12-14-28(17-19)21-10-6-7-11-22(21)30-2/h6-7,10-11,13,15,19-20H,3-5,8-9,12,14,16-17H2,1-2H3,(H2,24,25,26). The molecule has 2 aliphatic rings. The van der Waals surface area contributed by atoms with E-state index in [1.165, 1.54) is 25.7 Å². The Labute approximate surface area is 179 Å². The van der Waals surface area contributed by atoms with Crippen LogP contribution in [0.3, 0.4) is 0 Å². The van der Waals surface area contributed by atoms with Crippen molar-refractivity contribution in [3.8, 4) is 5.75 Å². The molecule has 1 aliphatic carbocycles. The fraction of sp³-hybridized carbons (Fsp3) is 0.565.